The molecule has 144 valence electrons. The van der Waals surface area contributed by atoms with E-state index in [1.807, 2.05) is 38.2 Å². The molecule has 0 aliphatic carbocycles. The molecule has 2 saturated heterocycles. The maximum Gasteiger partial charge on any atom is 0.251 e. The number of hydrogen-bond donors (Lipinski definition) is 2. The third-order valence-electron chi connectivity index (χ3n) is 5.14. The third kappa shape index (κ3) is 4.88. The molecule has 2 aliphatic heterocycles. The largest absolute Gasteiger partial charge is 0.381 e. The number of halogens is 1. The minimum atomic E-state index is -0.0287. The van der Waals surface area contributed by atoms with Crippen LogP contribution in [0.2, 0.25) is 0 Å². The molecular formula is C19H29IN4O2. The van der Waals surface area contributed by atoms with E-state index in [-0.39, 0.29) is 29.9 Å². The summed E-state index contributed by atoms with van der Waals surface area (Å²) in [4.78, 5) is 18.6. The summed E-state index contributed by atoms with van der Waals surface area (Å²) in [6.45, 7) is 7.06. The van der Waals surface area contributed by atoms with Crippen LogP contribution in [0, 0.1) is 5.41 Å². The molecule has 0 radical (unpaired) electrons. The van der Waals surface area contributed by atoms with E-state index in [1.54, 1.807) is 0 Å². The maximum atomic E-state index is 11.8. The molecule has 2 heterocycles. The first kappa shape index (κ1) is 21.0. The summed E-state index contributed by atoms with van der Waals surface area (Å²) >= 11 is 0. The molecule has 0 saturated carbocycles. The number of nitrogens with zero attached hydrogens (tertiary/aromatic N) is 2. The van der Waals surface area contributed by atoms with E-state index in [0.29, 0.717) is 24.1 Å². The van der Waals surface area contributed by atoms with E-state index >= 15 is 0 Å². The Kier molecular flexibility index (Phi) is 7.69. The van der Waals surface area contributed by atoms with Crippen molar-refractivity contribution in [2.45, 2.75) is 26.3 Å². The molecule has 1 aromatic carbocycles. The first-order chi connectivity index (χ1) is 12.2. The van der Waals surface area contributed by atoms with Crippen molar-refractivity contribution in [2.75, 3.05) is 39.9 Å². The van der Waals surface area contributed by atoms with Crippen molar-refractivity contribution >= 4 is 35.8 Å². The first-order valence-electron chi connectivity index (χ1n) is 9.06. The minimum Gasteiger partial charge on any atom is -0.381 e. The number of aliphatic imine (C=N–C) groups is 1. The van der Waals surface area contributed by atoms with Gasteiger partial charge in [-0.05, 0) is 37.5 Å². The van der Waals surface area contributed by atoms with Crippen LogP contribution in [0.15, 0.2) is 29.3 Å². The summed E-state index contributed by atoms with van der Waals surface area (Å²) < 4.78 is 5.60. The van der Waals surface area contributed by atoms with E-state index in [1.165, 1.54) is 6.42 Å². The highest BCUT2D eigenvalue weighted by molar-refractivity contribution is 14.0. The highest BCUT2D eigenvalue weighted by Crippen LogP contribution is 2.38. The summed E-state index contributed by atoms with van der Waals surface area (Å²) in [6, 6.07) is 7.71. The highest BCUT2D eigenvalue weighted by atomic mass is 127. The SMILES string of the molecule is CCNC(=O)c1ccc(CNC(=NC)N2CCC3(CCOC3)C2)cc1.I. The zero-order chi connectivity index (χ0) is 17.7. The van der Waals surface area contributed by atoms with E-state index < -0.39 is 0 Å². The molecule has 1 amide bonds. The van der Waals surface area contributed by atoms with Crippen molar-refractivity contribution in [3.05, 3.63) is 35.4 Å². The van der Waals surface area contributed by atoms with Crippen LogP contribution >= 0.6 is 24.0 Å². The maximum absolute atomic E-state index is 11.8. The summed E-state index contributed by atoms with van der Waals surface area (Å²) in [5, 5.41) is 6.25. The van der Waals surface area contributed by atoms with Gasteiger partial charge in [0.2, 0.25) is 0 Å². The van der Waals surface area contributed by atoms with Crippen molar-refractivity contribution in [1.29, 1.82) is 0 Å². The second kappa shape index (κ2) is 9.55. The Morgan fingerprint density at radius 2 is 2.04 bits per heavy atom. The van der Waals surface area contributed by atoms with Crippen LogP contribution in [0.5, 0.6) is 0 Å². The highest BCUT2D eigenvalue weighted by Gasteiger charge is 2.42. The monoisotopic (exact) mass is 472 g/mol. The molecule has 0 bridgehead atoms. The fraction of sp³-hybridized carbons (Fsp3) is 0.579. The van der Waals surface area contributed by atoms with Crippen molar-refractivity contribution in [3.63, 3.8) is 0 Å². The molecule has 1 aromatic rings. The number of rotatable bonds is 4. The van der Waals surface area contributed by atoms with Gasteiger partial charge in [-0.2, -0.15) is 0 Å². The fourth-order valence-electron chi connectivity index (χ4n) is 3.64. The Morgan fingerprint density at radius 3 is 2.65 bits per heavy atom. The number of guanidine groups is 1. The fourth-order valence-corrected chi connectivity index (χ4v) is 3.64. The van der Waals surface area contributed by atoms with Crippen LogP contribution in [-0.4, -0.2) is 56.7 Å². The number of nitrogens with one attached hydrogen (secondary N) is 2. The van der Waals surface area contributed by atoms with Gasteiger partial charge in [0.05, 0.1) is 6.61 Å². The Bertz CT molecular complexity index is 627. The molecule has 2 aliphatic rings. The molecular weight excluding hydrogens is 443 g/mol. The average molecular weight is 472 g/mol. The molecule has 2 N–H and O–H groups in total. The van der Waals surface area contributed by atoms with Gasteiger partial charge in [0.1, 0.15) is 0 Å². The zero-order valence-electron chi connectivity index (χ0n) is 15.6. The Labute approximate surface area is 172 Å². The summed E-state index contributed by atoms with van der Waals surface area (Å²) in [5.41, 5.74) is 2.15. The summed E-state index contributed by atoms with van der Waals surface area (Å²) in [6.07, 6.45) is 2.33. The van der Waals surface area contributed by atoms with Gasteiger partial charge in [0.15, 0.2) is 5.96 Å². The molecule has 1 unspecified atom stereocenters. The van der Waals surface area contributed by atoms with Crippen LogP contribution in [0.4, 0.5) is 0 Å². The van der Waals surface area contributed by atoms with Crippen LogP contribution in [0.1, 0.15) is 35.7 Å². The Hall–Kier alpha value is -1.35. The zero-order valence-corrected chi connectivity index (χ0v) is 17.9. The van der Waals surface area contributed by atoms with Gasteiger partial charge in [0.25, 0.3) is 5.91 Å². The van der Waals surface area contributed by atoms with Gasteiger partial charge < -0.3 is 20.3 Å². The first-order valence-corrected chi connectivity index (χ1v) is 9.06. The number of amides is 1. The molecule has 26 heavy (non-hydrogen) atoms. The number of hydrogen-bond acceptors (Lipinski definition) is 3. The van der Waals surface area contributed by atoms with Crippen molar-refractivity contribution in [2.24, 2.45) is 10.4 Å². The lowest BCUT2D eigenvalue weighted by Crippen LogP contribution is -2.41. The molecule has 0 aromatic heterocycles. The summed E-state index contributed by atoms with van der Waals surface area (Å²) in [5.74, 6) is 0.913. The topological polar surface area (TPSA) is 66.0 Å². The number of benzene rings is 1. The van der Waals surface area contributed by atoms with Gasteiger partial charge in [-0.3, -0.25) is 9.79 Å². The van der Waals surface area contributed by atoms with E-state index in [9.17, 15) is 4.79 Å². The van der Waals surface area contributed by atoms with Gasteiger partial charge in [-0.1, -0.05) is 12.1 Å². The Balaban J connectivity index is 0.00000243. The lowest BCUT2D eigenvalue weighted by molar-refractivity contribution is 0.0956. The van der Waals surface area contributed by atoms with Crippen molar-refractivity contribution in [1.82, 2.24) is 15.5 Å². The predicted octanol–water partition coefficient (Wildman–Crippen LogP) is 2.24. The van der Waals surface area contributed by atoms with Crippen LogP contribution in [0.25, 0.3) is 0 Å². The molecule has 6 nitrogen and oxygen atoms in total. The van der Waals surface area contributed by atoms with Crippen LogP contribution in [-0.2, 0) is 11.3 Å². The van der Waals surface area contributed by atoms with Gasteiger partial charge >= 0.3 is 0 Å². The van der Waals surface area contributed by atoms with Crippen molar-refractivity contribution < 1.29 is 9.53 Å². The lowest BCUT2D eigenvalue weighted by atomic mass is 9.87. The van der Waals surface area contributed by atoms with Crippen LogP contribution < -0.4 is 10.6 Å². The average Bonchev–Trinajstić information content (AvgIpc) is 3.26. The van der Waals surface area contributed by atoms with Gasteiger partial charge in [-0.15, -0.1) is 24.0 Å². The van der Waals surface area contributed by atoms with Gasteiger partial charge in [-0.25, -0.2) is 0 Å². The molecule has 7 heteroatoms. The molecule has 3 rings (SSSR count). The van der Waals surface area contributed by atoms with E-state index in [2.05, 4.69) is 20.5 Å². The second-order valence-corrected chi connectivity index (χ2v) is 6.93. The predicted molar refractivity (Wildman–Crippen MR) is 114 cm³/mol. The quantitative estimate of drug-likeness (QED) is 0.401. The number of carbonyl (C=O) groups excluding carboxylic acids is 1. The summed E-state index contributed by atoms with van der Waals surface area (Å²) in [7, 11) is 1.83. The third-order valence-corrected chi connectivity index (χ3v) is 5.14. The van der Waals surface area contributed by atoms with Gasteiger partial charge in [0, 0.05) is 50.8 Å². The Morgan fingerprint density at radius 1 is 1.27 bits per heavy atom. The number of ether oxygens (including phenoxy) is 1. The van der Waals surface area contributed by atoms with E-state index in [4.69, 9.17) is 4.74 Å². The lowest BCUT2D eigenvalue weighted by Gasteiger charge is -2.25. The number of carbonyl (C=O) groups is 1. The second-order valence-electron chi connectivity index (χ2n) is 6.93. The molecule has 1 atom stereocenters. The van der Waals surface area contributed by atoms with Crippen molar-refractivity contribution in [3.8, 4) is 0 Å². The standard InChI is InChI=1S/C19H28N4O2.HI/c1-3-21-17(24)16-6-4-15(5-7-16)12-22-18(20-2)23-10-8-19(13-23)9-11-25-14-19;/h4-7H,3,8-14H2,1-2H3,(H,20,22)(H,21,24);1H. The minimum absolute atomic E-state index is 0. The number of likely N-dealkylation sites (tertiary alicyclic amines) is 1. The van der Waals surface area contributed by atoms with Crippen LogP contribution in [0.3, 0.4) is 0 Å². The molecule has 2 fully saturated rings. The smallest absolute Gasteiger partial charge is 0.251 e. The van der Waals surface area contributed by atoms with E-state index in [0.717, 1.165) is 44.2 Å². The molecule has 1 spiro atoms. The normalized spacial score (nSPS) is 22.4.